The van der Waals surface area contributed by atoms with Crippen LogP contribution in [0, 0.1) is 13.8 Å². The lowest BCUT2D eigenvalue weighted by atomic mass is 9.99. The van der Waals surface area contributed by atoms with Gasteiger partial charge in [0.2, 0.25) is 0 Å². The highest BCUT2D eigenvalue weighted by atomic mass is 79.9. The number of halogens is 2. The number of benzene rings is 2. The van der Waals surface area contributed by atoms with Crippen LogP contribution in [0.2, 0.25) is 5.02 Å². The maximum Gasteiger partial charge on any atom is 0.194 e. The molecule has 0 saturated carbocycles. The van der Waals surface area contributed by atoms with E-state index in [2.05, 4.69) is 15.9 Å². The first-order valence-corrected chi connectivity index (χ1v) is 6.73. The number of rotatable bonds is 2. The van der Waals surface area contributed by atoms with Gasteiger partial charge in [0, 0.05) is 20.6 Å². The Balaban J connectivity index is 2.47. The Bertz CT molecular complexity index is 620. The molecular weight excluding hydrogens is 312 g/mol. The Morgan fingerprint density at radius 2 is 1.78 bits per heavy atom. The number of hydrogen-bond donors (Lipinski definition) is 0. The van der Waals surface area contributed by atoms with Crippen molar-refractivity contribution in [3.8, 4) is 0 Å². The van der Waals surface area contributed by atoms with Crippen LogP contribution in [0.4, 0.5) is 0 Å². The van der Waals surface area contributed by atoms with Crippen LogP contribution >= 0.6 is 27.5 Å². The molecule has 0 aliphatic heterocycles. The van der Waals surface area contributed by atoms with E-state index in [4.69, 9.17) is 11.6 Å². The molecule has 18 heavy (non-hydrogen) atoms. The van der Waals surface area contributed by atoms with Gasteiger partial charge >= 0.3 is 0 Å². The van der Waals surface area contributed by atoms with Gasteiger partial charge in [0.1, 0.15) is 0 Å². The summed E-state index contributed by atoms with van der Waals surface area (Å²) in [5, 5.41) is 0.561. The zero-order valence-corrected chi connectivity index (χ0v) is 12.5. The van der Waals surface area contributed by atoms with E-state index in [1.165, 1.54) is 5.56 Å². The number of aryl methyl sites for hydroxylation is 2. The van der Waals surface area contributed by atoms with Crippen LogP contribution in [-0.2, 0) is 0 Å². The Morgan fingerprint density at radius 1 is 1.06 bits per heavy atom. The van der Waals surface area contributed by atoms with Crippen molar-refractivity contribution in [2.75, 3.05) is 0 Å². The molecule has 2 rings (SSSR count). The molecule has 92 valence electrons. The topological polar surface area (TPSA) is 17.1 Å². The van der Waals surface area contributed by atoms with Crippen molar-refractivity contribution in [3.63, 3.8) is 0 Å². The van der Waals surface area contributed by atoms with Crippen molar-refractivity contribution in [1.29, 1.82) is 0 Å². The third-order valence-electron chi connectivity index (χ3n) is 2.94. The van der Waals surface area contributed by atoms with Crippen LogP contribution in [0.1, 0.15) is 27.0 Å². The van der Waals surface area contributed by atoms with Crippen molar-refractivity contribution >= 4 is 33.3 Å². The first-order chi connectivity index (χ1) is 8.49. The summed E-state index contributed by atoms with van der Waals surface area (Å²) in [5.41, 5.74) is 3.56. The lowest BCUT2D eigenvalue weighted by Crippen LogP contribution is -2.03. The maximum absolute atomic E-state index is 12.4. The molecule has 0 heterocycles. The highest BCUT2D eigenvalue weighted by Gasteiger charge is 2.13. The Morgan fingerprint density at radius 3 is 2.44 bits per heavy atom. The number of carbonyl (C=O) groups excluding carboxylic acids is 1. The fraction of sp³-hybridized carbons (Fsp3) is 0.133. The molecule has 0 aliphatic rings. The van der Waals surface area contributed by atoms with Crippen LogP contribution < -0.4 is 0 Å². The normalized spacial score (nSPS) is 10.4. The largest absolute Gasteiger partial charge is 0.289 e. The lowest BCUT2D eigenvalue weighted by molar-refractivity contribution is 0.103. The summed E-state index contributed by atoms with van der Waals surface area (Å²) in [6, 6.07) is 10.9. The van der Waals surface area contributed by atoms with Crippen LogP contribution in [-0.4, -0.2) is 5.78 Å². The molecule has 0 aromatic heterocycles. The van der Waals surface area contributed by atoms with E-state index >= 15 is 0 Å². The minimum Gasteiger partial charge on any atom is -0.289 e. The molecule has 2 aromatic rings. The Hall–Kier alpha value is -1.12. The molecule has 0 atom stereocenters. The van der Waals surface area contributed by atoms with E-state index in [9.17, 15) is 4.79 Å². The molecule has 1 nitrogen and oxygen atoms in total. The van der Waals surface area contributed by atoms with E-state index in [-0.39, 0.29) is 5.78 Å². The summed E-state index contributed by atoms with van der Waals surface area (Å²) in [4.78, 5) is 12.4. The zero-order valence-electron chi connectivity index (χ0n) is 10.1. The number of hydrogen-bond acceptors (Lipinski definition) is 1. The van der Waals surface area contributed by atoms with E-state index in [0.717, 1.165) is 10.0 Å². The summed E-state index contributed by atoms with van der Waals surface area (Å²) in [7, 11) is 0. The molecule has 2 aromatic carbocycles. The van der Waals surface area contributed by atoms with Crippen molar-refractivity contribution in [3.05, 3.63) is 68.1 Å². The maximum atomic E-state index is 12.4. The predicted molar refractivity (Wildman–Crippen MR) is 78.5 cm³/mol. The zero-order chi connectivity index (χ0) is 13.3. The van der Waals surface area contributed by atoms with Gasteiger partial charge in [-0.25, -0.2) is 0 Å². The van der Waals surface area contributed by atoms with Crippen LogP contribution in [0.3, 0.4) is 0 Å². The first kappa shape index (κ1) is 13.3. The highest BCUT2D eigenvalue weighted by molar-refractivity contribution is 9.10. The van der Waals surface area contributed by atoms with Crippen molar-refractivity contribution in [2.24, 2.45) is 0 Å². The second-order valence-electron chi connectivity index (χ2n) is 4.25. The third-order valence-corrected chi connectivity index (χ3v) is 3.87. The molecule has 0 spiro atoms. The van der Waals surface area contributed by atoms with E-state index in [0.29, 0.717) is 16.1 Å². The van der Waals surface area contributed by atoms with Gasteiger partial charge in [0.15, 0.2) is 5.78 Å². The van der Waals surface area contributed by atoms with E-state index in [1.807, 2.05) is 32.0 Å². The molecule has 0 saturated heterocycles. The average molecular weight is 324 g/mol. The summed E-state index contributed by atoms with van der Waals surface area (Å²) >= 11 is 9.31. The Labute approximate surface area is 120 Å². The van der Waals surface area contributed by atoms with Gasteiger partial charge in [-0.15, -0.1) is 0 Å². The molecular formula is C15H12BrClO. The molecule has 0 N–H and O–H groups in total. The van der Waals surface area contributed by atoms with Gasteiger partial charge in [-0.05, 0) is 49.2 Å². The van der Waals surface area contributed by atoms with Crippen LogP contribution in [0.15, 0.2) is 40.9 Å². The molecule has 3 heteroatoms. The van der Waals surface area contributed by atoms with Gasteiger partial charge in [0.05, 0.1) is 0 Å². The molecule has 0 amide bonds. The summed E-state index contributed by atoms with van der Waals surface area (Å²) in [6.45, 7) is 4.03. The fourth-order valence-corrected chi connectivity index (χ4v) is 2.31. The second kappa shape index (κ2) is 5.25. The van der Waals surface area contributed by atoms with Crippen LogP contribution in [0.5, 0.6) is 0 Å². The van der Waals surface area contributed by atoms with Gasteiger partial charge in [-0.2, -0.15) is 0 Å². The smallest absolute Gasteiger partial charge is 0.194 e. The molecule has 0 bridgehead atoms. The van der Waals surface area contributed by atoms with Gasteiger partial charge < -0.3 is 0 Å². The van der Waals surface area contributed by atoms with Crippen molar-refractivity contribution in [1.82, 2.24) is 0 Å². The molecule has 0 unspecified atom stereocenters. The third kappa shape index (κ3) is 2.65. The minimum atomic E-state index is -0.0209. The van der Waals surface area contributed by atoms with Gasteiger partial charge in [0.25, 0.3) is 0 Å². The van der Waals surface area contributed by atoms with E-state index in [1.54, 1.807) is 18.2 Å². The second-order valence-corrected chi connectivity index (χ2v) is 5.54. The molecule has 0 fully saturated rings. The fourth-order valence-electron chi connectivity index (χ4n) is 1.71. The average Bonchev–Trinajstić information content (AvgIpc) is 2.35. The SMILES string of the molecule is Cc1ccc(C(=O)c2cc(Cl)ccc2Br)cc1C. The minimum absolute atomic E-state index is 0.0209. The number of carbonyl (C=O) groups is 1. The predicted octanol–water partition coefficient (Wildman–Crippen LogP) is 4.95. The summed E-state index contributed by atoms with van der Waals surface area (Å²) < 4.78 is 0.759. The van der Waals surface area contributed by atoms with Crippen LogP contribution in [0.25, 0.3) is 0 Å². The summed E-state index contributed by atoms with van der Waals surface area (Å²) in [5.74, 6) is -0.0209. The van der Waals surface area contributed by atoms with Crippen molar-refractivity contribution in [2.45, 2.75) is 13.8 Å². The number of ketones is 1. The summed E-state index contributed by atoms with van der Waals surface area (Å²) in [6.07, 6.45) is 0. The highest BCUT2D eigenvalue weighted by Crippen LogP contribution is 2.24. The monoisotopic (exact) mass is 322 g/mol. The first-order valence-electron chi connectivity index (χ1n) is 5.56. The van der Waals surface area contributed by atoms with Gasteiger partial charge in [-0.1, -0.05) is 39.7 Å². The quantitative estimate of drug-likeness (QED) is 0.715. The molecule has 0 radical (unpaired) electrons. The molecule has 0 aliphatic carbocycles. The van der Waals surface area contributed by atoms with Gasteiger partial charge in [-0.3, -0.25) is 4.79 Å². The van der Waals surface area contributed by atoms with Crippen molar-refractivity contribution < 1.29 is 4.79 Å². The van der Waals surface area contributed by atoms with E-state index < -0.39 is 0 Å². The standard InChI is InChI=1S/C15H12BrClO/c1-9-3-4-11(7-10(9)2)15(18)13-8-12(17)5-6-14(13)16/h3-8H,1-2H3. The lowest BCUT2D eigenvalue weighted by Gasteiger charge is -2.07. The Kier molecular flexibility index (Phi) is 3.88.